The molecular formula is C14H15BO2. The molecule has 0 aliphatic heterocycles. The first kappa shape index (κ1) is 11.9. The molecule has 2 N–H and O–H groups in total. The summed E-state index contributed by atoms with van der Waals surface area (Å²) < 4.78 is 0. The fraction of sp³-hybridized carbons (Fsp3) is 0.143. The van der Waals surface area contributed by atoms with Gasteiger partial charge in [0.25, 0.3) is 0 Å². The van der Waals surface area contributed by atoms with Gasteiger partial charge in [-0.05, 0) is 29.4 Å². The Bertz CT molecular complexity index is 469. The minimum Gasteiger partial charge on any atom is -0.423 e. The van der Waals surface area contributed by atoms with Gasteiger partial charge in [0.15, 0.2) is 0 Å². The molecule has 0 heterocycles. The van der Waals surface area contributed by atoms with Crippen LogP contribution in [0.5, 0.6) is 0 Å². The third-order valence-electron chi connectivity index (χ3n) is 2.79. The summed E-state index contributed by atoms with van der Waals surface area (Å²) in [6, 6.07) is 17.7. The van der Waals surface area contributed by atoms with Crippen LogP contribution in [0.1, 0.15) is 11.1 Å². The third kappa shape index (κ3) is 3.44. The standard InChI is InChI=1S/C14H15BO2/c16-15(17)14-8-4-7-13(11-14)10-9-12-5-2-1-3-6-12/h1-8,11,16-17H,9-10H2. The first-order valence-electron chi connectivity index (χ1n) is 5.74. The fourth-order valence-electron chi connectivity index (χ4n) is 1.84. The maximum Gasteiger partial charge on any atom is 0.488 e. The SMILES string of the molecule is OB(O)c1cccc(CCc2ccccc2)c1. The molecule has 0 amide bonds. The second-order valence-corrected chi connectivity index (χ2v) is 4.10. The molecule has 0 fully saturated rings. The van der Waals surface area contributed by atoms with Crippen molar-refractivity contribution in [3.8, 4) is 0 Å². The van der Waals surface area contributed by atoms with Crippen molar-refractivity contribution in [2.45, 2.75) is 12.8 Å². The molecule has 2 aromatic carbocycles. The van der Waals surface area contributed by atoms with Crippen molar-refractivity contribution < 1.29 is 10.0 Å². The number of benzene rings is 2. The molecule has 17 heavy (non-hydrogen) atoms. The lowest BCUT2D eigenvalue weighted by Gasteiger charge is -2.05. The molecule has 0 radical (unpaired) electrons. The molecule has 86 valence electrons. The number of hydrogen-bond donors (Lipinski definition) is 2. The molecule has 2 nitrogen and oxygen atoms in total. The van der Waals surface area contributed by atoms with Crippen molar-refractivity contribution in [2.24, 2.45) is 0 Å². The van der Waals surface area contributed by atoms with Crippen LogP contribution < -0.4 is 5.46 Å². The Hall–Kier alpha value is -1.58. The summed E-state index contributed by atoms with van der Waals surface area (Å²) in [6.45, 7) is 0. The minimum absolute atomic E-state index is 0.551. The highest BCUT2D eigenvalue weighted by Gasteiger charge is 2.10. The molecule has 0 aliphatic rings. The second-order valence-electron chi connectivity index (χ2n) is 4.10. The Morgan fingerprint density at radius 1 is 0.765 bits per heavy atom. The first-order valence-corrected chi connectivity index (χ1v) is 5.74. The molecule has 2 rings (SSSR count). The van der Waals surface area contributed by atoms with E-state index in [9.17, 15) is 0 Å². The van der Waals surface area contributed by atoms with Crippen LogP contribution in [0.4, 0.5) is 0 Å². The van der Waals surface area contributed by atoms with Crippen LogP contribution in [0.15, 0.2) is 54.6 Å². The third-order valence-corrected chi connectivity index (χ3v) is 2.79. The molecule has 0 saturated heterocycles. The minimum atomic E-state index is -1.38. The van der Waals surface area contributed by atoms with Crippen LogP contribution in [0, 0.1) is 0 Å². The van der Waals surface area contributed by atoms with E-state index in [1.807, 2.05) is 36.4 Å². The van der Waals surface area contributed by atoms with Gasteiger partial charge in [0, 0.05) is 0 Å². The maximum atomic E-state index is 9.09. The predicted molar refractivity (Wildman–Crippen MR) is 70.1 cm³/mol. The predicted octanol–water partition coefficient (Wildman–Crippen LogP) is 1.15. The van der Waals surface area contributed by atoms with E-state index in [4.69, 9.17) is 10.0 Å². The fourth-order valence-corrected chi connectivity index (χ4v) is 1.84. The smallest absolute Gasteiger partial charge is 0.423 e. The van der Waals surface area contributed by atoms with E-state index in [-0.39, 0.29) is 0 Å². The molecule has 0 aromatic heterocycles. The molecule has 0 spiro atoms. The van der Waals surface area contributed by atoms with Crippen LogP contribution in [-0.4, -0.2) is 17.2 Å². The van der Waals surface area contributed by atoms with Crippen LogP contribution in [-0.2, 0) is 12.8 Å². The van der Waals surface area contributed by atoms with E-state index in [0.717, 1.165) is 18.4 Å². The van der Waals surface area contributed by atoms with Crippen molar-refractivity contribution in [3.05, 3.63) is 65.7 Å². The molecular weight excluding hydrogens is 211 g/mol. The monoisotopic (exact) mass is 226 g/mol. The van der Waals surface area contributed by atoms with Crippen LogP contribution in [0.25, 0.3) is 0 Å². The van der Waals surface area contributed by atoms with Gasteiger partial charge in [-0.1, -0.05) is 54.6 Å². The molecule has 3 heteroatoms. The van der Waals surface area contributed by atoms with E-state index < -0.39 is 7.12 Å². The maximum absolute atomic E-state index is 9.09. The lowest BCUT2D eigenvalue weighted by molar-refractivity contribution is 0.425. The highest BCUT2D eigenvalue weighted by Crippen LogP contribution is 2.06. The second kappa shape index (κ2) is 5.66. The number of rotatable bonds is 4. The van der Waals surface area contributed by atoms with Crippen LogP contribution in [0.2, 0.25) is 0 Å². The summed E-state index contributed by atoms with van der Waals surface area (Å²) in [6.07, 6.45) is 1.87. The normalized spacial score (nSPS) is 10.2. The van der Waals surface area contributed by atoms with Gasteiger partial charge in [0.1, 0.15) is 0 Å². The zero-order chi connectivity index (χ0) is 12.1. The average molecular weight is 226 g/mol. The number of aryl methyl sites for hydroxylation is 2. The summed E-state index contributed by atoms with van der Waals surface area (Å²) >= 11 is 0. The van der Waals surface area contributed by atoms with Gasteiger partial charge in [0.2, 0.25) is 0 Å². The molecule has 0 unspecified atom stereocenters. The van der Waals surface area contributed by atoms with Gasteiger partial charge in [-0.2, -0.15) is 0 Å². The van der Waals surface area contributed by atoms with E-state index in [2.05, 4.69) is 12.1 Å². The van der Waals surface area contributed by atoms with E-state index in [1.165, 1.54) is 5.56 Å². The quantitative estimate of drug-likeness (QED) is 0.768. The molecule has 0 aliphatic carbocycles. The van der Waals surface area contributed by atoms with Gasteiger partial charge < -0.3 is 10.0 Å². The van der Waals surface area contributed by atoms with Crippen molar-refractivity contribution in [3.63, 3.8) is 0 Å². The topological polar surface area (TPSA) is 40.5 Å². The van der Waals surface area contributed by atoms with Crippen molar-refractivity contribution in [2.75, 3.05) is 0 Å². The summed E-state index contributed by atoms with van der Waals surface area (Å²) in [5.74, 6) is 0. The van der Waals surface area contributed by atoms with Crippen LogP contribution in [0.3, 0.4) is 0 Å². The Morgan fingerprint density at radius 3 is 2.12 bits per heavy atom. The Kier molecular flexibility index (Phi) is 3.96. The first-order chi connectivity index (χ1) is 8.25. The molecule has 0 atom stereocenters. The Morgan fingerprint density at radius 2 is 1.41 bits per heavy atom. The van der Waals surface area contributed by atoms with E-state index >= 15 is 0 Å². The van der Waals surface area contributed by atoms with Crippen molar-refractivity contribution in [1.82, 2.24) is 0 Å². The van der Waals surface area contributed by atoms with Gasteiger partial charge in [-0.25, -0.2) is 0 Å². The van der Waals surface area contributed by atoms with Gasteiger partial charge in [-0.15, -0.1) is 0 Å². The summed E-state index contributed by atoms with van der Waals surface area (Å²) in [4.78, 5) is 0. The largest absolute Gasteiger partial charge is 0.488 e. The van der Waals surface area contributed by atoms with Gasteiger partial charge in [0.05, 0.1) is 0 Å². The Balaban J connectivity index is 2.02. The van der Waals surface area contributed by atoms with E-state index in [0.29, 0.717) is 5.46 Å². The summed E-state index contributed by atoms with van der Waals surface area (Å²) in [5.41, 5.74) is 2.97. The number of hydrogen-bond acceptors (Lipinski definition) is 2. The average Bonchev–Trinajstić information content (AvgIpc) is 2.38. The molecule has 0 bridgehead atoms. The molecule has 2 aromatic rings. The zero-order valence-electron chi connectivity index (χ0n) is 9.58. The molecule has 0 saturated carbocycles. The lowest BCUT2D eigenvalue weighted by Crippen LogP contribution is -2.29. The zero-order valence-corrected chi connectivity index (χ0v) is 9.58. The van der Waals surface area contributed by atoms with Crippen molar-refractivity contribution in [1.29, 1.82) is 0 Å². The van der Waals surface area contributed by atoms with E-state index in [1.54, 1.807) is 6.07 Å². The lowest BCUT2D eigenvalue weighted by atomic mass is 9.79. The Labute approximate surface area is 102 Å². The van der Waals surface area contributed by atoms with Crippen LogP contribution >= 0.6 is 0 Å². The summed E-state index contributed by atoms with van der Waals surface area (Å²) in [5, 5.41) is 18.2. The highest BCUT2D eigenvalue weighted by atomic mass is 16.4. The van der Waals surface area contributed by atoms with Gasteiger partial charge in [-0.3, -0.25) is 0 Å². The highest BCUT2D eigenvalue weighted by molar-refractivity contribution is 6.58. The summed E-state index contributed by atoms with van der Waals surface area (Å²) in [7, 11) is -1.38. The van der Waals surface area contributed by atoms with Crippen molar-refractivity contribution >= 4 is 12.6 Å². The van der Waals surface area contributed by atoms with Gasteiger partial charge >= 0.3 is 7.12 Å².